The van der Waals surface area contributed by atoms with E-state index in [-0.39, 0.29) is 6.61 Å². The van der Waals surface area contributed by atoms with Gasteiger partial charge in [-0.2, -0.15) is 5.10 Å². The van der Waals surface area contributed by atoms with Crippen molar-refractivity contribution in [2.24, 2.45) is 0 Å². The number of aliphatic hydroxyl groups is 1. The molecule has 2 rings (SSSR count). The molecule has 0 spiro atoms. The SMILES string of the molecule is OCc1cc2cn[nH]c2cc1Cl. The third-order valence-electron chi connectivity index (χ3n) is 1.78. The fourth-order valence-corrected chi connectivity index (χ4v) is 1.36. The summed E-state index contributed by atoms with van der Waals surface area (Å²) in [6.07, 6.45) is 1.70. The van der Waals surface area contributed by atoms with Crippen LogP contribution in [0.15, 0.2) is 18.3 Å². The lowest BCUT2D eigenvalue weighted by molar-refractivity contribution is 0.282. The fourth-order valence-electron chi connectivity index (χ4n) is 1.13. The van der Waals surface area contributed by atoms with Crippen LogP contribution in [-0.4, -0.2) is 15.3 Å². The van der Waals surface area contributed by atoms with Gasteiger partial charge in [0.1, 0.15) is 0 Å². The lowest BCUT2D eigenvalue weighted by atomic mass is 10.2. The predicted octanol–water partition coefficient (Wildman–Crippen LogP) is 1.71. The average Bonchev–Trinajstić information content (AvgIpc) is 2.49. The molecule has 0 saturated carbocycles. The highest BCUT2D eigenvalue weighted by Crippen LogP contribution is 2.22. The van der Waals surface area contributed by atoms with Crippen LogP contribution in [0.5, 0.6) is 0 Å². The van der Waals surface area contributed by atoms with E-state index in [4.69, 9.17) is 16.7 Å². The quantitative estimate of drug-likeness (QED) is 0.706. The predicted molar refractivity (Wildman–Crippen MR) is 47.0 cm³/mol. The number of nitrogens with one attached hydrogen (secondary N) is 1. The maximum Gasteiger partial charge on any atom is 0.0696 e. The van der Waals surface area contributed by atoms with E-state index in [2.05, 4.69) is 10.2 Å². The first-order chi connectivity index (χ1) is 5.81. The zero-order valence-electron chi connectivity index (χ0n) is 6.21. The minimum absolute atomic E-state index is 0.0417. The Morgan fingerprint density at radius 3 is 3.08 bits per heavy atom. The van der Waals surface area contributed by atoms with Crippen molar-refractivity contribution in [3.8, 4) is 0 Å². The van der Waals surface area contributed by atoms with Crippen molar-refractivity contribution in [1.82, 2.24) is 10.2 Å². The molecule has 0 bridgehead atoms. The summed E-state index contributed by atoms with van der Waals surface area (Å²) in [7, 11) is 0. The van der Waals surface area contributed by atoms with Crippen molar-refractivity contribution >= 4 is 22.5 Å². The van der Waals surface area contributed by atoms with E-state index in [1.54, 1.807) is 12.3 Å². The van der Waals surface area contributed by atoms with Crippen molar-refractivity contribution in [3.63, 3.8) is 0 Å². The Labute approximate surface area is 74.0 Å². The third kappa shape index (κ3) is 1.07. The Morgan fingerprint density at radius 2 is 2.33 bits per heavy atom. The number of hydrogen-bond acceptors (Lipinski definition) is 2. The van der Waals surface area contributed by atoms with Crippen LogP contribution >= 0.6 is 11.6 Å². The number of fused-ring (bicyclic) bond motifs is 1. The van der Waals surface area contributed by atoms with Crippen molar-refractivity contribution in [2.75, 3.05) is 0 Å². The molecule has 12 heavy (non-hydrogen) atoms. The van der Waals surface area contributed by atoms with Crippen molar-refractivity contribution < 1.29 is 5.11 Å². The summed E-state index contributed by atoms with van der Waals surface area (Å²) in [5, 5.41) is 17.1. The number of nitrogens with zero attached hydrogens (tertiary/aromatic N) is 1. The number of rotatable bonds is 1. The van der Waals surface area contributed by atoms with Crippen molar-refractivity contribution in [2.45, 2.75) is 6.61 Å². The van der Waals surface area contributed by atoms with E-state index in [1.807, 2.05) is 6.07 Å². The van der Waals surface area contributed by atoms with Gasteiger partial charge in [0, 0.05) is 10.4 Å². The maximum absolute atomic E-state index is 8.90. The van der Waals surface area contributed by atoms with Crippen molar-refractivity contribution in [3.05, 3.63) is 28.9 Å². The number of benzene rings is 1. The van der Waals surface area contributed by atoms with Crippen LogP contribution in [0.2, 0.25) is 5.02 Å². The van der Waals surface area contributed by atoms with E-state index in [0.717, 1.165) is 16.5 Å². The van der Waals surface area contributed by atoms with E-state index >= 15 is 0 Å². The molecule has 1 aromatic carbocycles. The van der Waals surface area contributed by atoms with Gasteiger partial charge in [-0.1, -0.05) is 11.6 Å². The molecule has 0 aliphatic heterocycles. The average molecular weight is 183 g/mol. The Bertz CT molecular complexity index is 410. The molecule has 0 atom stereocenters. The second-order valence-electron chi connectivity index (χ2n) is 2.56. The molecule has 1 aromatic heterocycles. The van der Waals surface area contributed by atoms with Gasteiger partial charge in [0.05, 0.1) is 18.3 Å². The van der Waals surface area contributed by atoms with Crippen LogP contribution in [0.4, 0.5) is 0 Å². The largest absolute Gasteiger partial charge is 0.392 e. The van der Waals surface area contributed by atoms with Crippen LogP contribution in [0, 0.1) is 0 Å². The van der Waals surface area contributed by atoms with E-state index < -0.39 is 0 Å². The molecule has 0 fully saturated rings. The zero-order chi connectivity index (χ0) is 8.55. The minimum atomic E-state index is -0.0417. The third-order valence-corrected chi connectivity index (χ3v) is 2.13. The second kappa shape index (κ2) is 2.77. The van der Waals surface area contributed by atoms with E-state index in [9.17, 15) is 0 Å². The number of aromatic amines is 1. The zero-order valence-corrected chi connectivity index (χ0v) is 6.97. The lowest BCUT2D eigenvalue weighted by Crippen LogP contribution is -1.83. The summed E-state index contributed by atoms with van der Waals surface area (Å²) >= 11 is 5.85. The van der Waals surface area contributed by atoms with Crippen LogP contribution in [0.1, 0.15) is 5.56 Å². The molecule has 0 radical (unpaired) electrons. The highest BCUT2D eigenvalue weighted by Gasteiger charge is 2.02. The molecule has 62 valence electrons. The van der Waals surface area contributed by atoms with Crippen LogP contribution in [0.25, 0.3) is 10.9 Å². The molecular formula is C8H7ClN2O. The van der Waals surface area contributed by atoms with Crippen molar-refractivity contribution in [1.29, 1.82) is 0 Å². The summed E-state index contributed by atoms with van der Waals surface area (Å²) in [5.41, 5.74) is 1.61. The minimum Gasteiger partial charge on any atom is -0.392 e. The van der Waals surface area contributed by atoms with Gasteiger partial charge in [-0.3, -0.25) is 5.10 Å². The highest BCUT2D eigenvalue weighted by atomic mass is 35.5. The monoisotopic (exact) mass is 182 g/mol. The standard InChI is InChI=1S/C8H7ClN2O/c9-7-2-8-5(3-10-11-8)1-6(7)4-12/h1-3,12H,4H2,(H,10,11). The van der Waals surface area contributed by atoms with Gasteiger partial charge in [-0.15, -0.1) is 0 Å². The highest BCUT2D eigenvalue weighted by molar-refractivity contribution is 6.32. The van der Waals surface area contributed by atoms with Gasteiger partial charge >= 0.3 is 0 Å². The number of hydrogen-bond donors (Lipinski definition) is 2. The topological polar surface area (TPSA) is 48.9 Å². The van der Waals surface area contributed by atoms with Gasteiger partial charge in [-0.25, -0.2) is 0 Å². The summed E-state index contributed by atoms with van der Waals surface area (Å²) in [6.45, 7) is -0.0417. The lowest BCUT2D eigenvalue weighted by Gasteiger charge is -1.98. The summed E-state index contributed by atoms with van der Waals surface area (Å²) < 4.78 is 0. The van der Waals surface area contributed by atoms with Crippen LogP contribution in [-0.2, 0) is 6.61 Å². The number of aliphatic hydroxyl groups excluding tert-OH is 1. The van der Waals surface area contributed by atoms with E-state index in [0.29, 0.717) is 5.02 Å². The molecule has 4 heteroatoms. The molecule has 0 amide bonds. The summed E-state index contributed by atoms with van der Waals surface area (Å²) in [4.78, 5) is 0. The molecule has 2 aromatic rings. The number of halogens is 1. The maximum atomic E-state index is 8.90. The van der Waals surface area contributed by atoms with Gasteiger partial charge in [-0.05, 0) is 17.7 Å². The second-order valence-corrected chi connectivity index (χ2v) is 2.97. The fraction of sp³-hybridized carbons (Fsp3) is 0.125. The van der Waals surface area contributed by atoms with Gasteiger partial charge < -0.3 is 5.11 Å². The Morgan fingerprint density at radius 1 is 1.50 bits per heavy atom. The number of H-pyrrole nitrogens is 1. The summed E-state index contributed by atoms with van der Waals surface area (Å²) in [5.74, 6) is 0. The van der Waals surface area contributed by atoms with Gasteiger partial charge in [0.2, 0.25) is 0 Å². The first-order valence-electron chi connectivity index (χ1n) is 3.53. The van der Waals surface area contributed by atoms with Gasteiger partial charge in [0.25, 0.3) is 0 Å². The number of aromatic nitrogens is 2. The molecule has 2 N–H and O–H groups in total. The first-order valence-corrected chi connectivity index (χ1v) is 3.91. The molecule has 0 aliphatic rings. The Balaban J connectivity index is 2.73. The Hall–Kier alpha value is -1.06. The van der Waals surface area contributed by atoms with E-state index in [1.165, 1.54) is 0 Å². The smallest absolute Gasteiger partial charge is 0.0696 e. The molecular weight excluding hydrogens is 176 g/mol. The Kier molecular flexibility index (Phi) is 1.75. The first kappa shape index (κ1) is 7.58. The molecule has 3 nitrogen and oxygen atoms in total. The van der Waals surface area contributed by atoms with Crippen LogP contribution < -0.4 is 0 Å². The molecule has 1 heterocycles. The van der Waals surface area contributed by atoms with Crippen LogP contribution in [0.3, 0.4) is 0 Å². The summed E-state index contributed by atoms with van der Waals surface area (Å²) in [6, 6.07) is 3.58. The molecule has 0 saturated heterocycles. The normalized spacial score (nSPS) is 10.8. The molecule has 0 unspecified atom stereocenters. The van der Waals surface area contributed by atoms with Gasteiger partial charge in [0.15, 0.2) is 0 Å². The molecule has 0 aliphatic carbocycles.